The SMILES string of the molecule is CSc1ccc([C@@H]2CCC[C@H](CNc3cc(C(=O)O)nc(CF)n3)O2)cc1. The van der Waals surface area contributed by atoms with E-state index in [9.17, 15) is 9.18 Å². The van der Waals surface area contributed by atoms with Gasteiger partial charge in [0.25, 0.3) is 0 Å². The van der Waals surface area contributed by atoms with Crippen LogP contribution in [0.1, 0.15) is 47.2 Å². The van der Waals surface area contributed by atoms with Crippen LogP contribution in [0.25, 0.3) is 0 Å². The van der Waals surface area contributed by atoms with Crippen LogP contribution in [0, 0.1) is 0 Å². The lowest BCUT2D eigenvalue weighted by Crippen LogP contribution is -2.29. The molecule has 1 aliphatic rings. The molecule has 0 saturated carbocycles. The average Bonchev–Trinajstić information content (AvgIpc) is 2.72. The van der Waals surface area contributed by atoms with E-state index in [1.165, 1.54) is 11.0 Å². The van der Waals surface area contributed by atoms with Crippen molar-refractivity contribution in [3.63, 3.8) is 0 Å². The van der Waals surface area contributed by atoms with Crippen LogP contribution >= 0.6 is 11.8 Å². The third kappa shape index (κ3) is 5.17. The Morgan fingerprint density at radius 2 is 2.11 bits per heavy atom. The summed E-state index contributed by atoms with van der Waals surface area (Å²) in [4.78, 5) is 20.0. The van der Waals surface area contributed by atoms with Crippen molar-refractivity contribution in [2.24, 2.45) is 0 Å². The zero-order chi connectivity index (χ0) is 19.2. The number of aromatic carboxylic acids is 1. The number of benzene rings is 1. The molecule has 0 radical (unpaired) electrons. The fourth-order valence-corrected chi connectivity index (χ4v) is 3.50. The summed E-state index contributed by atoms with van der Waals surface area (Å²) in [5.74, 6) is -1.06. The molecule has 1 saturated heterocycles. The first-order chi connectivity index (χ1) is 13.1. The van der Waals surface area contributed by atoms with Gasteiger partial charge in [0, 0.05) is 17.5 Å². The van der Waals surface area contributed by atoms with Crippen LogP contribution in [0.5, 0.6) is 0 Å². The topological polar surface area (TPSA) is 84.3 Å². The zero-order valence-electron chi connectivity index (χ0n) is 15.0. The summed E-state index contributed by atoms with van der Waals surface area (Å²) >= 11 is 1.71. The first-order valence-corrected chi connectivity index (χ1v) is 10.0. The fraction of sp³-hybridized carbons (Fsp3) is 0.421. The Balaban J connectivity index is 1.62. The van der Waals surface area contributed by atoms with Crippen LogP contribution in [0.2, 0.25) is 0 Å². The van der Waals surface area contributed by atoms with Gasteiger partial charge >= 0.3 is 5.97 Å². The minimum atomic E-state index is -1.21. The number of hydrogen-bond donors (Lipinski definition) is 2. The van der Waals surface area contributed by atoms with Gasteiger partial charge in [-0.15, -0.1) is 11.8 Å². The number of alkyl halides is 1. The minimum Gasteiger partial charge on any atom is -0.477 e. The number of carboxylic acids is 1. The molecule has 1 fully saturated rings. The Kier molecular flexibility index (Phi) is 6.63. The summed E-state index contributed by atoms with van der Waals surface area (Å²) in [6, 6.07) is 9.70. The lowest BCUT2D eigenvalue weighted by atomic mass is 9.98. The van der Waals surface area contributed by atoms with Crippen LogP contribution < -0.4 is 5.32 Å². The zero-order valence-corrected chi connectivity index (χ0v) is 15.8. The van der Waals surface area contributed by atoms with Crippen molar-refractivity contribution in [3.05, 3.63) is 47.4 Å². The lowest BCUT2D eigenvalue weighted by molar-refractivity contribution is -0.0442. The number of hydrogen-bond acceptors (Lipinski definition) is 6. The van der Waals surface area contributed by atoms with Crippen molar-refractivity contribution < 1.29 is 19.0 Å². The predicted molar refractivity (Wildman–Crippen MR) is 102 cm³/mol. The Morgan fingerprint density at radius 3 is 2.78 bits per heavy atom. The van der Waals surface area contributed by atoms with E-state index in [1.54, 1.807) is 11.8 Å². The van der Waals surface area contributed by atoms with E-state index < -0.39 is 12.6 Å². The number of anilines is 1. The van der Waals surface area contributed by atoms with Crippen LogP contribution in [0.4, 0.5) is 10.2 Å². The van der Waals surface area contributed by atoms with E-state index in [2.05, 4.69) is 39.6 Å². The molecule has 8 heteroatoms. The van der Waals surface area contributed by atoms with E-state index in [0.29, 0.717) is 12.4 Å². The maximum absolute atomic E-state index is 12.9. The Labute approximate surface area is 161 Å². The van der Waals surface area contributed by atoms with Crippen molar-refractivity contribution in [1.29, 1.82) is 0 Å². The number of rotatable bonds is 7. The monoisotopic (exact) mass is 391 g/mol. The molecule has 0 amide bonds. The highest BCUT2D eigenvalue weighted by Gasteiger charge is 2.24. The molecule has 2 aromatic rings. The highest BCUT2D eigenvalue weighted by molar-refractivity contribution is 7.98. The lowest BCUT2D eigenvalue weighted by Gasteiger charge is -2.30. The van der Waals surface area contributed by atoms with E-state index >= 15 is 0 Å². The molecule has 2 N–H and O–H groups in total. The van der Waals surface area contributed by atoms with Gasteiger partial charge in [-0.1, -0.05) is 12.1 Å². The van der Waals surface area contributed by atoms with Crippen molar-refractivity contribution in [2.75, 3.05) is 18.1 Å². The van der Waals surface area contributed by atoms with Crippen molar-refractivity contribution in [2.45, 2.75) is 43.0 Å². The van der Waals surface area contributed by atoms with Crippen molar-refractivity contribution in [3.8, 4) is 0 Å². The maximum atomic E-state index is 12.9. The number of carbonyl (C=O) groups is 1. The number of ether oxygens (including phenoxy) is 1. The third-order valence-electron chi connectivity index (χ3n) is 4.46. The van der Waals surface area contributed by atoms with Gasteiger partial charge in [-0.3, -0.25) is 0 Å². The van der Waals surface area contributed by atoms with E-state index in [4.69, 9.17) is 9.84 Å². The second kappa shape index (κ2) is 9.14. The quantitative estimate of drug-likeness (QED) is 0.688. The third-order valence-corrected chi connectivity index (χ3v) is 5.20. The summed E-state index contributed by atoms with van der Waals surface area (Å²) in [6.07, 6.45) is 4.98. The summed E-state index contributed by atoms with van der Waals surface area (Å²) in [5, 5.41) is 12.1. The van der Waals surface area contributed by atoms with Gasteiger partial charge in [0.15, 0.2) is 11.5 Å². The van der Waals surface area contributed by atoms with Crippen LogP contribution in [-0.2, 0) is 11.4 Å². The fourth-order valence-electron chi connectivity index (χ4n) is 3.09. The molecule has 1 aromatic heterocycles. The van der Waals surface area contributed by atoms with E-state index in [0.717, 1.165) is 24.8 Å². The highest BCUT2D eigenvalue weighted by Crippen LogP contribution is 2.32. The molecule has 27 heavy (non-hydrogen) atoms. The van der Waals surface area contributed by atoms with Crippen molar-refractivity contribution >= 4 is 23.5 Å². The molecule has 144 valence electrons. The number of halogens is 1. The standard InChI is InChI=1S/C19H22FN3O3S/c1-27-14-7-5-12(6-8-14)16-4-2-3-13(26-16)11-21-17-9-15(19(24)25)22-18(10-20)23-17/h5-9,13,16H,2-4,10-11H2,1H3,(H,24,25)(H,21,22,23)/t13-,16+/m1/s1. The molecular weight excluding hydrogens is 369 g/mol. The van der Waals surface area contributed by atoms with Gasteiger partial charge in [-0.2, -0.15) is 0 Å². The summed E-state index contributed by atoms with van der Waals surface area (Å²) in [5.41, 5.74) is 0.934. The molecule has 0 bridgehead atoms. The Morgan fingerprint density at radius 1 is 1.33 bits per heavy atom. The molecular formula is C19H22FN3O3S. The molecule has 1 aromatic carbocycles. The van der Waals surface area contributed by atoms with E-state index in [1.807, 2.05) is 6.26 Å². The van der Waals surface area contributed by atoms with Crippen LogP contribution in [-0.4, -0.2) is 39.9 Å². The minimum absolute atomic E-state index is 0.0268. The normalized spacial score (nSPS) is 19.6. The summed E-state index contributed by atoms with van der Waals surface area (Å²) < 4.78 is 19.1. The first-order valence-electron chi connectivity index (χ1n) is 8.79. The Hall–Kier alpha value is -2.19. The molecule has 1 aliphatic heterocycles. The van der Waals surface area contributed by atoms with E-state index in [-0.39, 0.29) is 23.7 Å². The van der Waals surface area contributed by atoms with Gasteiger partial charge in [-0.25, -0.2) is 19.2 Å². The molecule has 0 aliphatic carbocycles. The maximum Gasteiger partial charge on any atom is 0.354 e. The number of nitrogens with one attached hydrogen (secondary N) is 1. The molecule has 0 spiro atoms. The summed E-state index contributed by atoms with van der Waals surface area (Å²) in [6.45, 7) is -0.439. The number of aromatic nitrogens is 2. The number of nitrogens with zero attached hydrogens (tertiary/aromatic N) is 2. The number of carboxylic acid groups (broad SMARTS) is 1. The molecule has 2 atom stereocenters. The van der Waals surface area contributed by atoms with Gasteiger partial charge < -0.3 is 15.2 Å². The molecule has 2 heterocycles. The second-order valence-corrected chi connectivity index (χ2v) is 7.20. The molecule has 6 nitrogen and oxygen atoms in total. The van der Waals surface area contributed by atoms with Gasteiger partial charge in [0.05, 0.1) is 12.2 Å². The predicted octanol–water partition coefficient (Wildman–Crippen LogP) is 4.09. The smallest absolute Gasteiger partial charge is 0.354 e. The highest BCUT2D eigenvalue weighted by atomic mass is 32.2. The van der Waals surface area contributed by atoms with Crippen molar-refractivity contribution in [1.82, 2.24) is 9.97 Å². The van der Waals surface area contributed by atoms with Crippen LogP contribution in [0.3, 0.4) is 0 Å². The largest absolute Gasteiger partial charge is 0.477 e. The van der Waals surface area contributed by atoms with Crippen LogP contribution in [0.15, 0.2) is 35.2 Å². The number of thioether (sulfide) groups is 1. The molecule has 3 rings (SSSR count). The Bertz CT molecular complexity index is 788. The summed E-state index contributed by atoms with van der Waals surface area (Å²) in [7, 11) is 0. The second-order valence-electron chi connectivity index (χ2n) is 6.33. The average molecular weight is 391 g/mol. The first kappa shape index (κ1) is 19.6. The van der Waals surface area contributed by atoms with Gasteiger partial charge in [-0.05, 0) is 43.2 Å². The molecule has 0 unspecified atom stereocenters. The van der Waals surface area contributed by atoms with Gasteiger partial charge in [0.1, 0.15) is 12.5 Å². The van der Waals surface area contributed by atoms with Gasteiger partial charge in [0.2, 0.25) is 0 Å².